The van der Waals surface area contributed by atoms with Crippen LogP contribution in [0.4, 0.5) is 13.6 Å². The zero-order valence-corrected chi connectivity index (χ0v) is 21.5. The number of fused-ring (bicyclic) bond motifs is 1. The fourth-order valence-electron chi connectivity index (χ4n) is 5.00. The highest BCUT2D eigenvalue weighted by Crippen LogP contribution is 2.35. The average molecular weight is 541 g/mol. The van der Waals surface area contributed by atoms with Crippen molar-refractivity contribution in [2.75, 3.05) is 6.54 Å². The lowest BCUT2D eigenvalue weighted by molar-refractivity contribution is 0.0908. The Morgan fingerprint density at radius 1 is 0.975 bits per heavy atom. The summed E-state index contributed by atoms with van der Waals surface area (Å²) in [6.45, 7) is 0.703. The van der Waals surface area contributed by atoms with Crippen LogP contribution in [0.15, 0.2) is 91.4 Å². The fourth-order valence-corrected chi connectivity index (χ4v) is 5.00. The van der Waals surface area contributed by atoms with E-state index in [4.69, 9.17) is 14.5 Å². The highest BCUT2D eigenvalue weighted by Gasteiger charge is 2.34. The summed E-state index contributed by atoms with van der Waals surface area (Å²) in [6, 6.07) is 20.6. The molecule has 40 heavy (non-hydrogen) atoms. The second-order valence-corrected chi connectivity index (χ2v) is 9.57. The molecule has 1 atom stereocenters. The minimum absolute atomic E-state index is 0.0949. The van der Waals surface area contributed by atoms with Crippen molar-refractivity contribution in [1.82, 2.24) is 19.3 Å². The largest absolute Gasteiger partial charge is 0.489 e. The number of benzene rings is 3. The van der Waals surface area contributed by atoms with E-state index in [1.165, 1.54) is 12.1 Å². The predicted octanol–water partition coefficient (Wildman–Crippen LogP) is 6.73. The van der Waals surface area contributed by atoms with E-state index in [0.29, 0.717) is 12.3 Å². The van der Waals surface area contributed by atoms with Crippen molar-refractivity contribution in [3.8, 4) is 17.0 Å². The number of aromatic nitrogens is 3. The molecule has 0 saturated carbocycles. The molecule has 1 amide bonds. The molecule has 0 unspecified atom stereocenters. The van der Waals surface area contributed by atoms with Gasteiger partial charge in [0.25, 0.3) is 0 Å². The molecule has 3 aromatic carbocycles. The third-order valence-corrected chi connectivity index (χ3v) is 7.02. The number of rotatable bonds is 7. The Balaban J connectivity index is 1.22. The molecule has 0 radical (unpaired) electrons. The van der Waals surface area contributed by atoms with Crippen LogP contribution in [0.2, 0.25) is 0 Å². The zero-order valence-electron chi connectivity index (χ0n) is 21.5. The monoisotopic (exact) mass is 540 g/mol. The lowest BCUT2D eigenvalue weighted by Gasteiger charge is -2.23. The van der Waals surface area contributed by atoms with Crippen molar-refractivity contribution in [1.29, 1.82) is 0 Å². The molecule has 0 aliphatic carbocycles. The average Bonchev–Trinajstić information content (AvgIpc) is 3.63. The van der Waals surface area contributed by atoms with E-state index in [-0.39, 0.29) is 30.9 Å². The molecule has 7 nitrogen and oxygen atoms in total. The van der Waals surface area contributed by atoms with Gasteiger partial charge in [-0.1, -0.05) is 42.5 Å². The van der Waals surface area contributed by atoms with Crippen LogP contribution in [0.1, 0.15) is 35.8 Å². The summed E-state index contributed by atoms with van der Waals surface area (Å²) in [5.74, 6) is -0.563. The van der Waals surface area contributed by atoms with Gasteiger partial charge in [-0.05, 0) is 48.7 Å². The van der Waals surface area contributed by atoms with Crippen LogP contribution in [0.25, 0.3) is 16.8 Å². The van der Waals surface area contributed by atoms with Crippen LogP contribution in [0.5, 0.6) is 5.75 Å². The summed E-state index contributed by atoms with van der Waals surface area (Å²) < 4.78 is 40.7. The summed E-state index contributed by atoms with van der Waals surface area (Å²) in [7, 11) is 0. The van der Waals surface area contributed by atoms with Crippen LogP contribution >= 0.6 is 0 Å². The smallest absolute Gasteiger partial charge is 0.410 e. The minimum atomic E-state index is -0.909. The van der Waals surface area contributed by atoms with Crippen LogP contribution < -0.4 is 4.74 Å². The van der Waals surface area contributed by atoms with E-state index < -0.39 is 11.6 Å². The molecule has 202 valence electrons. The van der Waals surface area contributed by atoms with Gasteiger partial charge in [-0.2, -0.15) is 0 Å². The maximum absolute atomic E-state index is 14.0. The second kappa shape index (κ2) is 11.1. The fraction of sp³-hybridized carbons (Fsp3) is 0.194. The third-order valence-electron chi connectivity index (χ3n) is 7.02. The van der Waals surface area contributed by atoms with Crippen molar-refractivity contribution >= 4 is 11.6 Å². The van der Waals surface area contributed by atoms with Gasteiger partial charge in [-0.25, -0.2) is 18.6 Å². The summed E-state index contributed by atoms with van der Waals surface area (Å²) in [6.07, 6.45) is 6.53. The molecule has 1 fully saturated rings. The number of hydrogen-bond acceptors (Lipinski definition) is 5. The lowest BCUT2D eigenvalue weighted by Crippen LogP contribution is -2.32. The minimum Gasteiger partial charge on any atom is -0.489 e. The predicted molar refractivity (Wildman–Crippen MR) is 144 cm³/mol. The number of ether oxygens (including phenoxy) is 2. The standard InChI is InChI=1S/C31H26F2N4O3/c32-25-9-4-8-23(28(25)33)20-39-24-13-11-22(12-14-24)29-27-18-34-15-17-36(27)30(35-29)26-10-5-16-37(26)31(38)40-19-21-6-2-1-3-7-21/h1-4,6-9,11-15,17-18,26H,5,10,16,19-20H2/t26-/m0/s1. The number of carbonyl (C=O) groups excluding carboxylic acids is 1. The van der Waals surface area contributed by atoms with Gasteiger partial charge < -0.3 is 9.47 Å². The van der Waals surface area contributed by atoms with Crippen molar-refractivity contribution in [3.63, 3.8) is 0 Å². The molecule has 1 saturated heterocycles. The van der Waals surface area contributed by atoms with Gasteiger partial charge in [0.2, 0.25) is 0 Å². The Labute approximate surface area is 229 Å². The van der Waals surface area contributed by atoms with Crippen LogP contribution in [-0.2, 0) is 18.0 Å². The second-order valence-electron chi connectivity index (χ2n) is 9.57. The van der Waals surface area contributed by atoms with Gasteiger partial charge in [0.15, 0.2) is 11.6 Å². The zero-order chi connectivity index (χ0) is 27.5. The van der Waals surface area contributed by atoms with Gasteiger partial charge in [0.05, 0.1) is 23.4 Å². The number of imidazole rings is 1. The van der Waals surface area contributed by atoms with E-state index in [2.05, 4.69) is 4.98 Å². The molecule has 0 N–H and O–H groups in total. The number of amides is 1. The first-order chi connectivity index (χ1) is 19.6. The quantitative estimate of drug-likeness (QED) is 0.229. The van der Waals surface area contributed by atoms with Crippen LogP contribution in [0, 0.1) is 11.6 Å². The molecule has 0 spiro atoms. The third kappa shape index (κ3) is 5.10. The molecule has 0 bridgehead atoms. The van der Waals surface area contributed by atoms with Gasteiger partial charge in [0, 0.05) is 30.1 Å². The lowest BCUT2D eigenvalue weighted by atomic mass is 10.1. The number of likely N-dealkylation sites (tertiary alicyclic amines) is 1. The molecule has 1 aliphatic rings. The first-order valence-electron chi connectivity index (χ1n) is 13.0. The molecular weight excluding hydrogens is 514 g/mol. The van der Waals surface area contributed by atoms with Crippen molar-refractivity contribution in [2.45, 2.75) is 32.1 Å². The first kappa shape index (κ1) is 25.5. The molecule has 9 heteroatoms. The Morgan fingerprint density at radius 2 is 1.80 bits per heavy atom. The maximum atomic E-state index is 14.0. The Kier molecular flexibility index (Phi) is 7.09. The molecule has 3 heterocycles. The van der Waals surface area contributed by atoms with Crippen LogP contribution in [0.3, 0.4) is 0 Å². The Bertz CT molecular complexity index is 1640. The number of nitrogens with zero attached hydrogens (tertiary/aromatic N) is 4. The molecule has 5 aromatic rings. The topological polar surface area (TPSA) is 69.0 Å². The van der Waals surface area contributed by atoms with Gasteiger partial charge in [-0.3, -0.25) is 14.3 Å². The van der Waals surface area contributed by atoms with Crippen molar-refractivity contribution in [3.05, 3.63) is 120 Å². The van der Waals surface area contributed by atoms with Gasteiger partial charge >= 0.3 is 6.09 Å². The molecule has 1 aliphatic heterocycles. The Hall–Kier alpha value is -4.79. The number of carbonyl (C=O) groups is 1. The van der Waals surface area contributed by atoms with E-state index in [0.717, 1.165) is 47.1 Å². The number of halogens is 2. The highest BCUT2D eigenvalue weighted by molar-refractivity contribution is 5.78. The highest BCUT2D eigenvalue weighted by atomic mass is 19.2. The van der Waals surface area contributed by atoms with E-state index in [1.807, 2.05) is 53.1 Å². The number of hydrogen-bond donors (Lipinski definition) is 0. The van der Waals surface area contributed by atoms with E-state index in [1.54, 1.807) is 29.4 Å². The van der Waals surface area contributed by atoms with Crippen molar-refractivity contribution in [2.24, 2.45) is 0 Å². The van der Waals surface area contributed by atoms with Crippen LogP contribution in [-0.4, -0.2) is 31.9 Å². The van der Waals surface area contributed by atoms with Gasteiger partial charge in [-0.15, -0.1) is 0 Å². The van der Waals surface area contributed by atoms with Crippen molar-refractivity contribution < 1.29 is 23.0 Å². The first-order valence-corrected chi connectivity index (χ1v) is 13.0. The van der Waals surface area contributed by atoms with Gasteiger partial charge in [0.1, 0.15) is 24.8 Å². The maximum Gasteiger partial charge on any atom is 0.410 e. The summed E-state index contributed by atoms with van der Waals surface area (Å²) in [5.41, 5.74) is 3.42. The SMILES string of the molecule is O=C(OCc1ccccc1)N1CCC[C@H]1c1nc(-c2ccc(OCc3cccc(F)c3F)cc2)c2cnccn12. The summed E-state index contributed by atoms with van der Waals surface area (Å²) in [4.78, 5) is 24.1. The molecule has 6 rings (SSSR count). The molecule has 2 aromatic heterocycles. The normalized spacial score (nSPS) is 14.9. The summed E-state index contributed by atoms with van der Waals surface area (Å²) in [5, 5.41) is 0. The summed E-state index contributed by atoms with van der Waals surface area (Å²) >= 11 is 0. The molecular formula is C31H26F2N4O3. The van der Waals surface area contributed by atoms with E-state index in [9.17, 15) is 13.6 Å². The van der Waals surface area contributed by atoms with E-state index >= 15 is 0 Å². The Morgan fingerprint density at radius 3 is 2.62 bits per heavy atom.